The molecule has 0 saturated carbocycles. The molecular weight excluding hydrogens is 280 g/mol. The van der Waals surface area contributed by atoms with Crippen molar-refractivity contribution >= 4 is 53.7 Å². The third-order valence-electron chi connectivity index (χ3n) is 2.41. The molecule has 2 aromatic heterocycles. The quantitative estimate of drug-likeness (QED) is 0.791. The van der Waals surface area contributed by atoms with Gasteiger partial charge in [0.05, 0.1) is 13.6 Å². The van der Waals surface area contributed by atoms with Crippen LogP contribution in [0.1, 0.15) is 11.1 Å². The van der Waals surface area contributed by atoms with Crippen molar-refractivity contribution in [3.05, 3.63) is 11.1 Å². The van der Waals surface area contributed by atoms with Crippen molar-refractivity contribution in [2.75, 3.05) is 12.5 Å². The number of thioether (sulfide) groups is 1. The van der Waals surface area contributed by atoms with E-state index >= 15 is 0 Å². The molecule has 6 heteroatoms. The van der Waals surface area contributed by atoms with Crippen molar-refractivity contribution in [2.45, 2.75) is 22.3 Å². The van der Waals surface area contributed by atoms with E-state index in [1.807, 2.05) is 6.92 Å². The molecule has 0 amide bonds. The van der Waals surface area contributed by atoms with Crippen LogP contribution in [-0.4, -0.2) is 20.9 Å². The highest BCUT2D eigenvalue weighted by Crippen LogP contribution is 2.45. The van der Waals surface area contributed by atoms with Gasteiger partial charge < -0.3 is 0 Å². The Bertz CT molecular complexity index is 646. The molecule has 0 saturated heterocycles. The molecule has 0 unspecified atom stereocenters. The molecule has 0 N–H and O–H groups in total. The van der Waals surface area contributed by atoms with Gasteiger partial charge in [0.15, 0.2) is 9.84 Å². The van der Waals surface area contributed by atoms with Crippen LogP contribution in [-0.2, 0) is 9.84 Å². The van der Waals surface area contributed by atoms with E-state index in [1.54, 1.807) is 23.1 Å². The van der Waals surface area contributed by atoms with E-state index in [9.17, 15) is 8.42 Å². The van der Waals surface area contributed by atoms with Crippen molar-refractivity contribution in [3.63, 3.8) is 0 Å². The average molecular weight is 292 g/mol. The van der Waals surface area contributed by atoms with Crippen LogP contribution < -0.4 is 0 Å². The lowest BCUT2D eigenvalue weighted by atomic mass is 10.3. The third-order valence-corrected chi connectivity index (χ3v) is 8.52. The summed E-state index contributed by atoms with van der Waals surface area (Å²) in [6, 6.07) is 0. The van der Waals surface area contributed by atoms with E-state index in [4.69, 9.17) is 0 Å². The fourth-order valence-corrected chi connectivity index (χ4v) is 6.56. The normalized spacial score (nSPS) is 12.5. The molecule has 0 atom stereocenters. The monoisotopic (exact) mass is 292 g/mol. The standard InChI is InChI=1S/C10H12O2S4/c1-5-7-8(14-9(5)13-3)6(2)10(15-7)16(4,11)12/h1-4H3. The highest BCUT2D eigenvalue weighted by Gasteiger charge is 2.21. The van der Waals surface area contributed by atoms with Crippen molar-refractivity contribution in [2.24, 2.45) is 0 Å². The number of hydrogen-bond donors (Lipinski definition) is 0. The molecule has 0 fully saturated rings. The van der Waals surface area contributed by atoms with E-state index in [0.29, 0.717) is 4.21 Å². The molecule has 88 valence electrons. The fourth-order valence-electron chi connectivity index (χ4n) is 1.66. The maximum absolute atomic E-state index is 11.6. The largest absolute Gasteiger partial charge is 0.223 e. The first-order valence-corrected chi connectivity index (χ1v) is 9.37. The summed E-state index contributed by atoms with van der Waals surface area (Å²) in [5, 5.41) is 0. The minimum absolute atomic E-state index is 0.518. The van der Waals surface area contributed by atoms with Crippen LogP contribution in [0.15, 0.2) is 8.42 Å². The van der Waals surface area contributed by atoms with Crippen molar-refractivity contribution in [1.82, 2.24) is 0 Å². The van der Waals surface area contributed by atoms with Gasteiger partial charge in [0.1, 0.15) is 4.21 Å². The third kappa shape index (κ3) is 1.81. The SMILES string of the molecule is CSc1sc2c(C)c(S(C)(=O)=O)sc2c1C. The Morgan fingerprint density at radius 3 is 2.06 bits per heavy atom. The van der Waals surface area contributed by atoms with Crippen molar-refractivity contribution in [3.8, 4) is 0 Å². The second-order valence-electron chi connectivity index (χ2n) is 3.66. The molecule has 0 aromatic carbocycles. The molecule has 2 rings (SSSR count). The Kier molecular flexibility index (Phi) is 3.11. The Balaban J connectivity index is 2.82. The number of rotatable bonds is 2. The summed E-state index contributed by atoms with van der Waals surface area (Å²) < 4.78 is 27.3. The summed E-state index contributed by atoms with van der Waals surface area (Å²) in [6.07, 6.45) is 3.33. The first-order chi connectivity index (χ1) is 7.36. The lowest BCUT2D eigenvalue weighted by Crippen LogP contribution is -1.94. The summed E-state index contributed by atoms with van der Waals surface area (Å²) in [5.41, 5.74) is 2.13. The fraction of sp³-hybridized carbons (Fsp3) is 0.400. The first kappa shape index (κ1) is 12.4. The van der Waals surface area contributed by atoms with Crippen LogP contribution in [0.25, 0.3) is 9.40 Å². The maximum atomic E-state index is 11.6. The van der Waals surface area contributed by atoms with Gasteiger partial charge >= 0.3 is 0 Å². The van der Waals surface area contributed by atoms with E-state index in [0.717, 1.165) is 15.0 Å². The maximum Gasteiger partial charge on any atom is 0.185 e. The van der Waals surface area contributed by atoms with E-state index in [2.05, 4.69) is 13.2 Å². The summed E-state index contributed by atoms with van der Waals surface area (Å²) in [4.78, 5) is 0. The summed E-state index contributed by atoms with van der Waals surface area (Å²) in [5.74, 6) is 0. The molecule has 16 heavy (non-hydrogen) atoms. The van der Waals surface area contributed by atoms with Crippen LogP contribution in [0.2, 0.25) is 0 Å². The molecule has 0 aliphatic rings. The topological polar surface area (TPSA) is 34.1 Å². The minimum atomic E-state index is -3.08. The predicted molar refractivity (Wildman–Crippen MR) is 74.1 cm³/mol. The molecule has 0 aliphatic carbocycles. The lowest BCUT2D eigenvalue weighted by Gasteiger charge is -1.95. The van der Waals surface area contributed by atoms with E-state index < -0.39 is 9.84 Å². The Morgan fingerprint density at radius 2 is 1.62 bits per heavy atom. The predicted octanol–water partition coefficient (Wildman–Crippen LogP) is 3.71. The van der Waals surface area contributed by atoms with Crippen LogP contribution in [0.3, 0.4) is 0 Å². The van der Waals surface area contributed by atoms with Gasteiger partial charge in [-0.25, -0.2) is 8.42 Å². The highest BCUT2D eigenvalue weighted by molar-refractivity contribution is 8.00. The second-order valence-corrected chi connectivity index (χ2v) is 8.99. The zero-order chi connectivity index (χ0) is 12.1. The zero-order valence-corrected chi connectivity index (χ0v) is 12.7. The molecular formula is C10H12O2S4. The average Bonchev–Trinajstić information content (AvgIpc) is 2.65. The number of hydrogen-bond acceptors (Lipinski definition) is 5. The van der Waals surface area contributed by atoms with Crippen molar-refractivity contribution < 1.29 is 8.42 Å². The van der Waals surface area contributed by atoms with Gasteiger partial charge in [-0.2, -0.15) is 0 Å². The van der Waals surface area contributed by atoms with E-state index in [1.165, 1.54) is 27.4 Å². The Labute approximate surface area is 108 Å². The summed E-state index contributed by atoms with van der Waals surface area (Å²) in [6.45, 7) is 3.96. The highest BCUT2D eigenvalue weighted by atomic mass is 32.2. The molecule has 0 aliphatic heterocycles. The number of sulfone groups is 1. The van der Waals surface area contributed by atoms with Crippen LogP contribution >= 0.6 is 34.4 Å². The summed E-state index contributed by atoms with van der Waals surface area (Å²) >= 11 is 4.82. The van der Waals surface area contributed by atoms with Crippen LogP contribution in [0.4, 0.5) is 0 Å². The molecule has 0 bridgehead atoms. The van der Waals surface area contributed by atoms with Gasteiger partial charge in [-0.15, -0.1) is 34.4 Å². The van der Waals surface area contributed by atoms with E-state index in [-0.39, 0.29) is 0 Å². The summed E-state index contributed by atoms with van der Waals surface area (Å²) in [7, 11) is -3.08. The zero-order valence-electron chi connectivity index (χ0n) is 9.45. The second kappa shape index (κ2) is 4.01. The van der Waals surface area contributed by atoms with Gasteiger partial charge in [0, 0.05) is 6.26 Å². The smallest absolute Gasteiger partial charge is 0.185 e. The molecule has 2 aromatic rings. The molecule has 0 radical (unpaired) electrons. The van der Waals surface area contributed by atoms with Crippen LogP contribution in [0, 0.1) is 13.8 Å². The first-order valence-electron chi connectivity index (χ1n) is 4.62. The number of fused-ring (bicyclic) bond motifs is 1. The Hall–Kier alpha value is -0.0400. The number of aryl methyl sites for hydroxylation is 2. The lowest BCUT2D eigenvalue weighted by molar-refractivity contribution is 0.603. The molecule has 2 heterocycles. The molecule has 2 nitrogen and oxygen atoms in total. The van der Waals surface area contributed by atoms with Crippen molar-refractivity contribution in [1.29, 1.82) is 0 Å². The molecule has 0 spiro atoms. The van der Waals surface area contributed by atoms with Gasteiger partial charge in [-0.1, -0.05) is 0 Å². The number of thiophene rings is 2. The van der Waals surface area contributed by atoms with Gasteiger partial charge in [0.25, 0.3) is 0 Å². The van der Waals surface area contributed by atoms with Gasteiger partial charge in [0.2, 0.25) is 0 Å². The van der Waals surface area contributed by atoms with Crippen LogP contribution in [0.5, 0.6) is 0 Å². The van der Waals surface area contributed by atoms with Gasteiger partial charge in [-0.3, -0.25) is 0 Å². The van der Waals surface area contributed by atoms with Gasteiger partial charge in [-0.05, 0) is 31.2 Å². The minimum Gasteiger partial charge on any atom is -0.223 e. The Morgan fingerprint density at radius 1 is 1.06 bits per heavy atom.